The van der Waals surface area contributed by atoms with Crippen molar-refractivity contribution in [2.75, 3.05) is 7.05 Å². The smallest absolute Gasteiger partial charge is 0.0528 e. The monoisotopic (exact) mass is 135 g/mol. The van der Waals surface area contributed by atoms with Gasteiger partial charge < -0.3 is 4.90 Å². The van der Waals surface area contributed by atoms with E-state index in [1.54, 1.807) is 5.57 Å². The first-order valence-electron chi connectivity index (χ1n) is 3.94. The maximum Gasteiger partial charge on any atom is 0.0528 e. The van der Waals surface area contributed by atoms with Crippen molar-refractivity contribution in [3.05, 3.63) is 23.4 Å². The molecule has 1 aliphatic heterocycles. The van der Waals surface area contributed by atoms with Gasteiger partial charge in [0.15, 0.2) is 0 Å². The van der Waals surface area contributed by atoms with Gasteiger partial charge in [-0.05, 0) is 25.3 Å². The predicted octanol–water partition coefficient (Wildman–Crippen LogP) is 1.92. The molecule has 0 spiro atoms. The molecule has 1 heterocycles. The van der Waals surface area contributed by atoms with Crippen molar-refractivity contribution in [1.29, 1.82) is 0 Å². The maximum atomic E-state index is 2.38. The summed E-state index contributed by atoms with van der Waals surface area (Å²) < 4.78 is 0. The largest absolute Gasteiger partial charge is 0.368 e. The second-order valence-electron chi connectivity index (χ2n) is 3.11. The van der Waals surface area contributed by atoms with Gasteiger partial charge in [-0.1, -0.05) is 12.2 Å². The number of likely N-dealkylation sites (N-methyl/N-ethyl adjacent to an activating group) is 1. The summed E-state index contributed by atoms with van der Waals surface area (Å²) in [5.41, 5.74) is 3.03. The lowest BCUT2D eigenvalue weighted by Crippen LogP contribution is -2.43. The third-order valence-electron chi connectivity index (χ3n) is 2.58. The molecule has 1 atom stereocenters. The van der Waals surface area contributed by atoms with E-state index in [1.807, 2.05) is 0 Å². The highest BCUT2D eigenvalue weighted by Crippen LogP contribution is 2.36. The lowest BCUT2D eigenvalue weighted by atomic mass is 9.88. The summed E-state index contributed by atoms with van der Waals surface area (Å²) in [7, 11) is 2.17. The SMILES string of the molecule is C[C@@H]1C2=CCCC=C2N1C. The van der Waals surface area contributed by atoms with E-state index in [2.05, 4.69) is 31.0 Å². The summed E-state index contributed by atoms with van der Waals surface area (Å²) >= 11 is 0. The van der Waals surface area contributed by atoms with Crippen LogP contribution in [0, 0.1) is 0 Å². The molecular weight excluding hydrogens is 122 g/mol. The van der Waals surface area contributed by atoms with Gasteiger partial charge in [0.2, 0.25) is 0 Å². The van der Waals surface area contributed by atoms with Crippen LogP contribution >= 0.6 is 0 Å². The van der Waals surface area contributed by atoms with E-state index >= 15 is 0 Å². The molecule has 0 aromatic rings. The van der Waals surface area contributed by atoms with Gasteiger partial charge in [-0.3, -0.25) is 0 Å². The summed E-state index contributed by atoms with van der Waals surface area (Å²) in [4.78, 5) is 2.34. The lowest BCUT2D eigenvalue weighted by Gasteiger charge is -2.44. The summed E-state index contributed by atoms with van der Waals surface area (Å²) in [5.74, 6) is 0. The number of likely N-dealkylation sites (tertiary alicyclic amines) is 1. The Morgan fingerprint density at radius 1 is 1.40 bits per heavy atom. The molecule has 1 fully saturated rings. The summed E-state index contributed by atoms with van der Waals surface area (Å²) in [6, 6.07) is 0.673. The zero-order chi connectivity index (χ0) is 7.14. The molecule has 0 aromatic heterocycles. The molecular formula is C9H13N. The van der Waals surface area contributed by atoms with Gasteiger partial charge in [0.05, 0.1) is 6.04 Å². The van der Waals surface area contributed by atoms with Crippen LogP contribution < -0.4 is 0 Å². The fourth-order valence-electron chi connectivity index (χ4n) is 1.76. The number of allylic oxidation sites excluding steroid dienone is 2. The fraction of sp³-hybridized carbons (Fsp3) is 0.556. The molecule has 1 saturated heterocycles. The Morgan fingerprint density at radius 2 is 2.10 bits per heavy atom. The first-order chi connectivity index (χ1) is 4.80. The van der Waals surface area contributed by atoms with E-state index in [9.17, 15) is 0 Å². The van der Waals surface area contributed by atoms with Crippen LogP contribution in [0.2, 0.25) is 0 Å². The van der Waals surface area contributed by atoms with Crippen LogP contribution in [0.3, 0.4) is 0 Å². The van der Waals surface area contributed by atoms with E-state index in [0.717, 1.165) is 0 Å². The second kappa shape index (κ2) is 1.88. The third kappa shape index (κ3) is 0.578. The van der Waals surface area contributed by atoms with Crippen LogP contribution in [-0.4, -0.2) is 18.0 Å². The average molecular weight is 135 g/mol. The quantitative estimate of drug-likeness (QED) is 0.490. The van der Waals surface area contributed by atoms with Crippen molar-refractivity contribution >= 4 is 0 Å². The van der Waals surface area contributed by atoms with Crippen molar-refractivity contribution in [2.45, 2.75) is 25.8 Å². The zero-order valence-electron chi connectivity index (χ0n) is 6.59. The van der Waals surface area contributed by atoms with E-state index in [4.69, 9.17) is 0 Å². The Labute approximate surface area is 62.0 Å². The van der Waals surface area contributed by atoms with Crippen molar-refractivity contribution in [3.63, 3.8) is 0 Å². The Bertz CT molecular complexity index is 189. The van der Waals surface area contributed by atoms with Crippen LogP contribution in [0.1, 0.15) is 19.8 Å². The van der Waals surface area contributed by atoms with Crippen LogP contribution in [0.4, 0.5) is 0 Å². The fourth-order valence-corrected chi connectivity index (χ4v) is 1.76. The number of fused-ring (bicyclic) bond motifs is 1. The van der Waals surface area contributed by atoms with Gasteiger partial charge in [0, 0.05) is 12.7 Å². The first-order valence-corrected chi connectivity index (χ1v) is 3.94. The summed E-state index contributed by atoms with van der Waals surface area (Å²) in [6.45, 7) is 2.26. The third-order valence-corrected chi connectivity index (χ3v) is 2.58. The zero-order valence-corrected chi connectivity index (χ0v) is 6.59. The Balaban J connectivity index is 2.28. The van der Waals surface area contributed by atoms with E-state index in [0.29, 0.717) is 6.04 Å². The molecule has 1 nitrogen and oxygen atoms in total. The maximum absolute atomic E-state index is 2.38. The molecule has 0 unspecified atom stereocenters. The molecule has 0 bridgehead atoms. The van der Waals surface area contributed by atoms with Gasteiger partial charge >= 0.3 is 0 Å². The number of nitrogens with zero attached hydrogens (tertiary/aromatic N) is 1. The molecule has 2 rings (SSSR count). The van der Waals surface area contributed by atoms with Crippen LogP contribution in [0.5, 0.6) is 0 Å². The van der Waals surface area contributed by atoms with E-state index < -0.39 is 0 Å². The number of rotatable bonds is 0. The number of hydrogen-bond donors (Lipinski definition) is 0. The van der Waals surface area contributed by atoms with Crippen LogP contribution in [-0.2, 0) is 0 Å². The average Bonchev–Trinajstić information content (AvgIpc) is 2.03. The van der Waals surface area contributed by atoms with Crippen molar-refractivity contribution in [3.8, 4) is 0 Å². The van der Waals surface area contributed by atoms with Gasteiger partial charge in [0.1, 0.15) is 0 Å². The summed E-state index contributed by atoms with van der Waals surface area (Å²) in [5, 5.41) is 0. The van der Waals surface area contributed by atoms with E-state index in [-0.39, 0.29) is 0 Å². The Hall–Kier alpha value is -0.720. The Morgan fingerprint density at radius 3 is 2.80 bits per heavy atom. The lowest BCUT2D eigenvalue weighted by molar-refractivity contribution is 0.286. The summed E-state index contributed by atoms with van der Waals surface area (Å²) in [6.07, 6.45) is 7.20. The van der Waals surface area contributed by atoms with Crippen LogP contribution in [0.25, 0.3) is 0 Å². The minimum Gasteiger partial charge on any atom is -0.368 e. The van der Waals surface area contributed by atoms with E-state index in [1.165, 1.54) is 18.5 Å². The molecule has 0 aromatic carbocycles. The second-order valence-corrected chi connectivity index (χ2v) is 3.11. The number of hydrogen-bond acceptors (Lipinski definition) is 1. The normalized spacial score (nSPS) is 30.2. The van der Waals surface area contributed by atoms with Gasteiger partial charge in [-0.2, -0.15) is 0 Å². The highest BCUT2D eigenvalue weighted by molar-refractivity contribution is 5.44. The predicted molar refractivity (Wildman–Crippen MR) is 42.6 cm³/mol. The topological polar surface area (TPSA) is 3.24 Å². The molecule has 1 aliphatic carbocycles. The molecule has 54 valence electrons. The molecule has 0 amide bonds. The highest BCUT2D eigenvalue weighted by Gasteiger charge is 2.31. The molecule has 0 saturated carbocycles. The van der Waals surface area contributed by atoms with Crippen molar-refractivity contribution in [1.82, 2.24) is 4.90 Å². The molecule has 0 N–H and O–H groups in total. The standard InChI is InChI=1S/C9H13N/c1-7-8-5-3-4-6-9(8)10(7)2/h5-7H,3-4H2,1-2H3/t7-/m1/s1. The highest BCUT2D eigenvalue weighted by atomic mass is 15.2. The van der Waals surface area contributed by atoms with Gasteiger partial charge in [-0.15, -0.1) is 0 Å². The minimum atomic E-state index is 0.673. The Kier molecular flexibility index (Phi) is 1.13. The van der Waals surface area contributed by atoms with Crippen molar-refractivity contribution < 1.29 is 0 Å². The molecule has 0 radical (unpaired) electrons. The van der Waals surface area contributed by atoms with Crippen molar-refractivity contribution in [2.24, 2.45) is 0 Å². The van der Waals surface area contributed by atoms with Gasteiger partial charge in [-0.25, -0.2) is 0 Å². The molecule has 10 heavy (non-hydrogen) atoms. The first kappa shape index (κ1) is 6.02. The van der Waals surface area contributed by atoms with Gasteiger partial charge in [0.25, 0.3) is 0 Å². The molecule has 1 heteroatoms. The minimum absolute atomic E-state index is 0.673. The molecule has 2 aliphatic rings. The van der Waals surface area contributed by atoms with Crippen LogP contribution in [0.15, 0.2) is 23.4 Å².